The van der Waals surface area contributed by atoms with E-state index in [1.54, 1.807) is 0 Å². The number of benzene rings is 1. The van der Waals surface area contributed by atoms with Crippen molar-refractivity contribution >= 4 is 0 Å². The van der Waals surface area contributed by atoms with Crippen molar-refractivity contribution in [3.05, 3.63) is 35.4 Å². The fourth-order valence-corrected chi connectivity index (χ4v) is 3.98. The van der Waals surface area contributed by atoms with Crippen LogP contribution in [-0.4, -0.2) is 12.7 Å². The monoisotopic (exact) mass is 344 g/mol. The summed E-state index contributed by atoms with van der Waals surface area (Å²) in [6.07, 6.45) is 17.8. The highest BCUT2D eigenvalue weighted by Crippen LogP contribution is 2.30. The van der Waals surface area contributed by atoms with Gasteiger partial charge in [-0.1, -0.05) is 89.5 Å². The van der Waals surface area contributed by atoms with Crippen molar-refractivity contribution in [1.82, 2.24) is 0 Å². The fourth-order valence-electron chi connectivity index (χ4n) is 3.98. The van der Waals surface area contributed by atoms with Gasteiger partial charge in [0.1, 0.15) is 0 Å². The number of aryl methyl sites for hydroxylation is 1. The molecule has 1 heterocycles. The van der Waals surface area contributed by atoms with Crippen LogP contribution in [0.2, 0.25) is 0 Å². The van der Waals surface area contributed by atoms with Crippen molar-refractivity contribution < 1.29 is 4.74 Å². The Morgan fingerprint density at radius 1 is 0.800 bits per heavy atom. The molecule has 0 bridgehead atoms. The predicted octanol–water partition coefficient (Wildman–Crippen LogP) is 7.43. The third-order valence-corrected chi connectivity index (χ3v) is 5.77. The lowest BCUT2D eigenvalue weighted by atomic mass is 9.89. The maximum absolute atomic E-state index is 6.16. The second-order valence-corrected chi connectivity index (χ2v) is 7.98. The van der Waals surface area contributed by atoms with Gasteiger partial charge in [-0.2, -0.15) is 0 Å². The molecule has 0 aliphatic carbocycles. The summed E-state index contributed by atoms with van der Waals surface area (Å²) < 4.78 is 6.16. The van der Waals surface area contributed by atoms with Crippen LogP contribution < -0.4 is 0 Å². The Hall–Kier alpha value is -0.820. The number of ether oxygens (including phenoxy) is 1. The van der Waals surface area contributed by atoms with Crippen LogP contribution in [0.5, 0.6) is 0 Å². The van der Waals surface area contributed by atoms with Gasteiger partial charge in [-0.05, 0) is 43.2 Å². The second kappa shape index (κ2) is 12.5. The Bertz CT molecular complexity index is 428. The van der Waals surface area contributed by atoms with Crippen molar-refractivity contribution in [2.45, 2.75) is 109 Å². The molecule has 1 aliphatic heterocycles. The molecule has 1 saturated heterocycles. The van der Waals surface area contributed by atoms with Gasteiger partial charge in [-0.15, -0.1) is 0 Å². The molecule has 0 radical (unpaired) electrons. The average Bonchev–Trinajstić information content (AvgIpc) is 2.66. The van der Waals surface area contributed by atoms with Gasteiger partial charge in [0.25, 0.3) is 0 Å². The molecule has 1 aliphatic rings. The highest BCUT2D eigenvalue weighted by Gasteiger charge is 2.22. The standard InChI is InChI=1S/C24H40O/c1-3-5-7-9-10-12-21-14-16-22(17-15-21)23-18-19-24(25-20-23)13-11-8-6-4-2/h14-17,23-24H,3-13,18-20H2,1-2H3. The quantitative estimate of drug-likeness (QED) is 0.358. The first-order chi connectivity index (χ1) is 12.3. The molecule has 0 amide bonds. The van der Waals surface area contributed by atoms with Gasteiger partial charge in [0.05, 0.1) is 12.7 Å². The van der Waals surface area contributed by atoms with Gasteiger partial charge in [0, 0.05) is 5.92 Å². The first-order valence-corrected chi connectivity index (χ1v) is 11.0. The van der Waals surface area contributed by atoms with Crippen LogP contribution in [-0.2, 0) is 11.2 Å². The summed E-state index contributed by atoms with van der Waals surface area (Å²) in [6.45, 7) is 5.48. The molecule has 2 rings (SSSR count). The van der Waals surface area contributed by atoms with Crippen LogP contribution in [0, 0.1) is 0 Å². The van der Waals surface area contributed by atoms with E-state index in [1.807, 2.05) is 0 Å². The molecule has 142 valence electrons. The van der Waals surface area contributed by atoms with Crippen molar-refractivity contribution in [3.63, 3.8) is 0 Å². The van der Waals surface area contributed by atoms with Gasteiger partial charge in [0.15, 0.2) is 0 Å². The molecule has 0 N–H and O–H groups in total. The Kier molecular flexibility index (Phi) is 10.3. The molecule has 0 saturated carbocycles. The molecule has 2 atom stereocenters. The van der Waals surface area contributed by atoms with Crippen LogP contribution >= 0.6 is 0 Å². The normalized spacial score (nSPS) is 20.7. The van der Waals surface area contributed by atoms with E-state index in [0.717, 1.165) is 6.61 Å². The van der Waals surface area contributed by atoms with E-state index in [4.69, 9.17) is 4.74 Å². The average molecular weight is 345 g/mol. The molecule has 1 aromatic carbocycles. The third-order valence-electron chi connectivity index (χ3n) is 5.77. The fraction of sp³-hybridized carbons (Fsp3) is 0.750. The molecular formula is C24H40O. The van der Waals surface area contributed by atoms with E-state index >= 15 is 0 Å². The maximum Gasteiger partial charge on any atom is 0.0575 e. The van der Waals surface area contributed by atoms with Gasteiger partial charge in [-0.25, -0.2) is 0 Å². The minimum absolute atomic E-state index is 0.524. The lowest BCUT2D eigenvalue weighted by molar-refractivity contribution is -0.00212. The third kappa shape index (κ3) is 7.94. The van der Waals surface area contributed by atoms with Crippen molar-refractivity contribution in [2.24, 2.45) is 0 Å². The lowest BCUT2D eigenvalue weighted by Gasteiger charge is -2.29. The largest absolute Gasteiger partial charge is 0.378 e. The Balaban J connectivity index is 1.65. The lowest BCUT2D eigenvalue weighted by Crippen LogP contribution is -2.24. The molecular weight excluding hydrogens is 304 g/mol. The van der Waals surface area contributed by atoms with Crippen LogP contribution in [0.1, 0.15) is 108 Å². The van der Waals surface area contributed by atoms with Crippen molar-refractivity contribution in [2.75, 3.05) is 6.61 Å². The molecule has 1 fully saturated rings. The molecule has 0 aromatic heterocycles. The smallest absolute Gasteiger partial charge is 0.0575 e. The van der Waals surface area contributed by atoms with Crippen LogP contribution in [0.15, 0.2) is 24.3 Å². The van der Waals surface area contributed by atoms with E-state index < -0.39 is 0 Å². The SMILES string of the molecule is CCCCCCCc1ccc(C2CCC(CCCCCC)OC2)cc1. The molecule has 2 unspecified atom stereocenters. The second-order valence-electron chi connectivity index (χ2n) is 7.98. The Morgan fingerprint density at radius 3 is 2.12 bits per heavy atom. The minimum Gasteiger partial charge on any atom is -0.378 e. The summed E-state index contributed by atoms with van der Waals surface area (Å²) in [6, 6.07) is 9.42. The van der Waals surface area contributed by atoms with Crippen LogP contribution in [0.25, 0.3) is 0 Å². The van der Waals surface area contributed by atoms with Crippen LogP contribution in [0.4, 0.5) is 0 Å². The van der Waals surface area contributed by atoms with Crippen molar-refractivity contribution in [1.29, 1.82) is 0 Å². The summed E-state index contributed by atoms with van der Waals surface area (Å²) in [5.74, 6) is 0.616. The molecule has 25 heavy (non-hydrogen) atoms. The molecule has 1 heteroatoms. The highest BCUT2D eigenvalue weighted by molar-refractivity contribution is 5.26. The predicted molar refractivity (Wildman–Crippen MR) is 109 cm³/mol. The van der Waals surface area contributed by atoms with Gasteiger partial charge in [0.2, 0.25) is 0 Å². The van der Waals surface area contributed by atoms with E-state index in [9.17, 15) is 0 Å². The van der Waals surface area contributed by atoms with Gasteiger partial charge in [-0.3, -0.25) is 0 Å². The summed E-state index contributed by atoms with van der Waals surface area (Å²) in [4.78, 5) is 0. The number of hydrogen-bond acceptors (Lipinski definition) is 1. The summed E-state index contributed by atoms with van der Waals surface area (Å²) in [5, 5.41) is 0. The zero-order valence-corrected chi connectivity index (χ0v) is 16.8. The topological polar surface area (TPSA) is 9.23 Å². The summed E-state index contributed by atoms with van der Waals surface area (Å²) in [7, 11) is 0. The first kappa shape index (κ1) is 20.5. The minimum atomic E-state index is 0.524. The highest BCUT2D eigenvalue weighted by atomic mass is 16.5. The summed E-state index contributed by atoms with van der Waals surface area (Å²) in [5.41, 5.74) is 2.99. The Labute approximate surface area is 156 Å². The van der Waals surface area contributed by atoms with Crippen LogP contribution in [0.3, 0.4) is 0 Å². The van der Waals surface area contributed by atoms with Gasteiger partial charge >= 0.3 is 0 Å². The number of hydrogen-bond donors (Lipinski definition) is 0. The van der Waals surface area contributed by atoms with E-state index in [0.29, 0.717) is 12.0 Å². The summed E-state index contributed by atoms with van der Waals surface area (Å²) >= 11 is 0. The van der Waals surface area contributed by atoms with Gasteiger partial charge < -0.3 is 4.74 Å². The molecule has 0 spiro atoms. The van der Waals surface area contributed by atoms with E-state index in [-0.39, 0.29) is 0 Å². The first-order valence-electron chi connectivity index (χ1n) is 11.0. The van der Waals surface area contributed by atoms with E-state index in [1.165, 1.54) is 94.6 Å². The Morgan fingerprint density at radius 2 is 1.48 bits per heavy atom. The zero-order chi connectivity index (χ0) is 17.7. The van der Waals surface area contributed by atoms with Crippen molar-refractivity contribution in [3.8, 4) is 0 Å². The molecule has 1 aromatic rings. The molecule has 1 nitrogen and oxygen atoms in total. The number of unbranched alkanes of at least 4 members (excludes halogenated alkanes) is 7. The zero-order valence-electron chi connectivity index (χ0n) is 16.8. The number of rotatable bonds is 12. The van der Waals surface area contributed by atoms with E-state index in [2.05, 4.69) is 38.1 Å². The maximum atomic E-state index is 6.16.